The number of nitrogens with zero attached hydrogens (tertiary/aromatic N) is 1. The molecule has 20 heavy (non-hydrogen) atoms. The van der Waals surface area contributed by atoms with Crippen LogP contribution in [0.3, 0.4) is 0 Å². The van der Waals surface area contributed by atoms with Gasteiger partial charge in [-0.05, 0) is 24.2 Å². The van der Waals surface area contributed by atoms with E-state index >= 15 is 0 Å². The predicted octanol–water partition coefficient (Wildman–Crippen LogP) is 4.13. The Morgan fingerprint density at radius 1 is 1.35 bits per heavy atom. The summed E-state index contributed by atoms with van der Waals surface area (Å²) in [6.45, 7) is 8.51. The Labute approximate surface area is 121 Å². The van der Waals surface area contributed by atoms with Gasteiger partial charge in [-0.25, -0.2) is 4.98 Å². The van der Waals surface area contributed by atoms with Crippen molar-refractivity contribution in [2.75, 3.05) is 0 Å². The summed E-state index contributed by atoms with van der Waals surface area (Å²) in [4.78, 5) is 3.96. The fourth-order valence-electron chi connectivity index (χ4n) is 2.38. The highest BCUT2D eigenvalue weighted by Crippen LogP contribution is 2.36. The molecule has 0 bridgehead atoms. The van der Waals surface area contributed by atoms with Gasteiger partial charge in [-0.1, -0.05) is 27.7 Å². The number of hydrogen-bond donors (Lipinski definition) is 2. The summed E-state index contributed by atoms with van der Waals surface area (Å²) < 4.78 is 37.6. The highest BCUT2D eigenvalue weighted by Gasteiger charge is 2.35. The third-order valence-corrected chi connectivity index (χ3v) is 4.07. The summed E-state index contributed by atoms with van der Waals surface area (Å²) in [5.41, 5.74) is 2.79. The van der Waals surface area contributed by atoms with E-state index in [2.05, 4.69) is 38.1 Å². The molecule has 1 heterocycles. The molecule has 0 saturated heterocycles. The molecule has 0 spiro atoms. The van der Waals surface area contributed by atoms with E-state index in [9.17, 15) is 13.2 Å². The van der Waals surface area contributed by atoms with Crippen LogP contribution in [0.25, 0.3) is 0 Å². The van der Waals surface area contributed by atoms with Crippen molar-refractivity contribution in [3.63, 3.8) is 0 Å². The van der Waals surface area contributed by atoms with E-state index in [0.29, 0.717) is 28.6 Å². The van der Waals surface area contributed by atoms with Gasteiger partial charge in [0.15, 0.2) is 5.01 Å². The Morgan fingerprint density at radius 2 is 1.95 bits per heavy atom. The zero-order valence-corrected chi connectivity index (χ0v) is 13.0. The molecule has 0 fully saturated rings. The lowest BCUT2D eigenvalue weighted by molar-refractivity contribution is -0.137. The maximum atomic E-state index is 12.5. The Bertz CT molecular complexity index is 423. The lowest BCUT2D eigenvalue weighted by atomic mass is 9.83. The van der Waals surface area contributed by atoms with Gasteiger partial charge in [0.25, 0.3) is 0 Å². The van der Waals surface area contributed by atoms with E-state index in [-0.39, 0.29) is 11.5 Å². The van der Waals surface area contributed by atoms with Crippen LogP contribution in [-0.2, 0) is 6.18 Å². The summed E-state index contributed by atoms with van der Waals surface area (Å²) >= 11 is 0.654. The minimum Gasteiger partial charge on any atom is -0.271 e. The monoisotopic (exact) mass is 309 g/mol. The largest absolute Gasteiger partial charge is 0.443 e. The van der Waals surface area contributed by atoms with Gasteiger partial charge in [0, 0.05) is 11.1 Å². The molecule has 116 valence electrons. The Morgan fingerprint density at radius 3 is 2.35 bits per heavy atom. The fourth-order valence-corrected chi connectivity index (χ4v) is 3.23. The van der Waals surface area contributed by atoms with E-state index in [1.807, 2.05) is 0 Å². The molecule has 2 atom stereocenters. The van der Waals surface area contributed by atoms with E-state index in [4.69, 9.17) is 5.84 Å². The topological polar surface area (TPSA) is 50.9 Å². The van der Waals surface area contributed by atoms with E-state index in [1.165, 1.54) is 6.20 Å². The Hall–Kier alpha value is -0.660. The molecular weight excluding hydrogens is 287 g/mol. The number of nitrogens with two attached hydrogens (primary N) is 1. The van der Waals surface area contributed by atoms with Crippen LogP contribution in [0.2, 0.25) is 0 Å². The van der Waals surface area contributed by atoms with Crippen molar-refractivity contribution in [2.45, 2.75) is 52.8 Å². The van der Waals surface area contributed by atoms with Crippen molar-refractivity contribution in [2.24, 2.45) is 17.2 Å². The van der Waals surface area contributed by atoms with Gasteiger partial charge in [0.2, 0.25) is 0 Å². The molecular formula is C13H22F3N3S. The SMILES string of the molecule is CC(CC(NN)c1cnc(C(F)(F)F)s1)CC(C)(C)C. The molecule has 7 heteroatoms. The van der Waals surface area contributed by atoms with Crippen LogP contribution in [0.15, 0.2) is 6.20 Å². The number of hydrogen-bond acceptors (Lipinski definition) is 4. The van der Waals surface area contributed by atoms with Crippen LogP contribution in [0.1, 0.15) is 56.5 Å². The summed E-state index contributed by atoms with van der Waals surface area (Å²) in [5.74, 6) is 5.84. The average molecular weight is 309 g/mol. The summed E-state index contributed by atoms with van der Waals surface area (Å²) in [6.07, 6.45) is -1.45. The Balaban J connectivity index is 2.74. The first kappa shape index (κ1) is 17.4. The van der Waals surface area contributed by atoms with Crippen molar-refractivity contribution < 1.29 is 13.2 Å². The first-order chi connectivity index (χ1) is 9.03. The second-order valence-corrected chi connectivity index (χ2v) is 7.45. The number of alkyl halides is 3. The lowest BCUT2D eigenvalue weighted by Gasteiger charge is -2.26. The molecule has 1 aromatic heterocycles. The van der Waals surface area contributed by atoms with Crippen LogP contribution in [0, 0.1) is 11.3 Å². The molecule has 0 amide bonds. The van der Waals surface area contributed by atoms with Crippen molar-refractivity contribution in [3.05, 3.63) is 16.1 Å². The smallest absolute Gasteiger partial charge is 0.271 e. The van der Waals surface area contributed by atoms with Gasteiger partial charge in [-0.2, -0.15) is 13.2 Å². The molecule has 0 aliphatic carbocycles. The fraction of sp³-hybridized carbons (Fsp3) is 0.769. The molecule has 2 unspecified atom stereocenters. The first-order valence-corrected chi connectivity index (χ1v) is 7.33. The minimum atomic E-state index is -4.39. The molecule has 0 aromatic carbocycles. The molecule has 0 radical (unpaired) electrons. The number of aromatic nitrogens is 1. The third kappa shape index (κ3) is 5.38. The molecule has 0 aliphatic heterocycles. The van der Waals surface area contributed by atoms with E-state index < -0.39 is 11.2 Å². The summed E-state index contributed by atoms with van der Waals surface area (Å²) in [5, 5.41) is -0.823. The highest BCUT2D eigenvalue weighted by atomic mass is 32.1. The van der Waals surface area contributed by atoms with Crippen molar-refractivity contribution in [3.8, 4) is 0 Å². The van der Waals surface area contributed by atoms with E-state index in [1.54, 1.807) is 0 Å². The van der Waals surface area contributed by atoms with Crippen LogP contribution >= 0.6 is 11.3 Å². The molecule has 3 N–H and O–H groups in total. The quantitative estimate of drug-likeness (QED) is 0.635. The normalized spacial score (nSPS) is 16.2. The Kier molecular flexibility index (Phi) is 5.57. The third-order valence-electron chi connectivity index (χ3n) is 2.91. The number of hydrazine groups is 1. The van der Waals surface area contributed by atoms with Crippen molar-refractivity contribution in [1.29, 1.82) is 0 Å². The average Bonchev–Trinajstić information content (AvgIpc) is 2.71. The van der Waals surface area contributed by atoms with Crippen LogP contribution in [0.4, 0.5) is 13.2 Å². The second kappa shape index (κ2) is 6.41. The van der Waals surface area contributed by atoms with Gasteiger partial charge in [-0.15, -0.1) is 11.3 Å². The zero-order chi connectivity index (χ0) is 15.6. The van der Waals surface area contributed by atoms with Crippen molar-refractivity contribution >= 4 is 11.3 Å². The van der Waals surface area contributed by atoms with E-state index in [0.717, 1.165) is 6.42 Å². The van der Waals surface area contributed by atoms with Crippen molar-refractivity contribution in [1.82, 2.24) is 10.4 Å². The second-order valence-electron chi connectivity index (χ2n) is 6.39. The van der Waals surface area contributed by atoms with Gasteiger partial charge < -0.3 is 0 Å². The van der Waals surface area contributed by atoms with Gasteiger partial charge in [-0.3, -0.25) is 11.3 Å². The number of thiazole rings is 1. The first-order valence-electron chi connectivity index (χ1n) is 6.52. The summed E-state index contributed by atoms with van der Waals surface area (Å²) in [7, 11) is 0. The predicted molar refractivity (Wildman–Crippen MR) is 75.0 cm³/mol. The number of rotatable bonds is 5. The summed E-state index contributed by atoms with van der Waals surface area (Å²) in [6, 6.07) is -0.291. The van der Waals surface area contributed by atoms with Gasteiger partial charge in [0.1, 0.15) is 0 Å². The lowest BCUT2D eigenvalue weighted by Crippen LogP contribution is -2.29. The van der Waals surface area contributed by atoms with Gasteiger partial charge in [0.05, 0.1) is 6.04 Å². The minimum absolute atomic E-state index is 0.184. The number of nitrogens with one attached hydrogen (secondary N) is 1. The maximum Gasteiger partial charge on any atom is 0.443 e. The van der Waals surface area contributed by atoms with Gasteiger partial charge >= 0.3 is 6.18 Å². The maximum absolute atomic E-state index is 12.5. The molecule has 0 aliphatic rings. The van der Waals surface area contributed by atoms with Crippen LogP contribution < -0.4 is 11.3 Å². The molecule has 1 aromatic rings. The standard InChI is InChI=1S/C13H22F3N3S/c1-8(6-12(2,3)4)5-9(19-17)10-7-18-11(20-10)13(14,15)16/h7-9,19H,5-6,17H2,1-4H3. The number of halogens is 3. The highest BCUT2D eigenvalue weighted by molar-refractivity contribution is 7.11. The molecule has 0 saturated carbocycles. The van der Waals surface area contributed by atoms with Crippen LogP contribution in [-0.4, -0.2) is 4.98 Å². The molecule has 3 nitrogen and oxygen atoms in total. The zero-order valence-electron chi connectivity index (χ0n) is 12.2. The molecule has 1 rings (SSSR count). The van der Waals surface area contributed by atoms with Crippen LogP contribution in [0.5, 0.6) is 0 Å².